The second-order valence-electron chi connectivity index (χ2n) is 4.79. The van der Waals surface area contributed by atoms with Crippen LogP contribution in [0.5, 0.6) is 0 Å². The first-order chi connectivity index (χ1) is 9.52. The Balaban J connectivity index is 2.08. The van der Waals surface area contributed by atoms with E-state index in [9.17, 15) is 15.2 Å². The molecule has 8 heteroatoms. The molecule has 1 aliphatic rings. The van der Waals surface area contributed by atoms with Crippen LogP contribution in [0.1, 0.15) is 12.8 Å². The van der Waals surface area contributed by atoms with Crippen LogP contribution in [0.2, 0.25) is 0 Å². The smallest absolute Gasteiger partial charge is 0.276 e. The molecule has 0 aliphatic carbocycles. The predicted octanol–water partition coefficient (Wildman–Crippen LogP) is 0.985. The van der Waals surface area contributed by atoms with Crippen molar-refractivity contribution in [1.82, 2.24) is 4.98 Å². The molecule has 0 saturated carbocycles. The summed E-state index contributed by atoms with van der Waals surface area (Å²) < 4.78 is 5.20. The van der Waals surface area contributed by atoms with E-state index in [-0.39, 0.29) is 12.2 Å². The lowest BCUT2D eigenvalue weighted by molar-refractivity contribution is -0.384. The van der Waals surface area contributed by atoms with Gasteiger partial charge in [0, 0.05) is 39.6 Å². The fourth-order valence-corrected chi connectivity index (χ4v) is 2.02. The summed E-state index contributed by atoms with van der Waals surface area (Å²) in [5, 5.41) is 26.9. The highest BCUT2D eigenvalue weighted by Gasteiger charge is 2.29. The first kappa shape index (κ1) is 14.5. The highest BCUT2D eigenvalue weighted by atomic mass is 16.6. The molecule has 1 aromatic rings. The van der Waals surface area contributed by atoms with E-state index in [0.717, 1.165) is 0 Å². The SMILES string of the molecule is CNc1cc([N+](=O)[O-])cc(NCC2(O)CCOCC2)n1. The number of hydrogen-bond acceptors (Lipinski definition) is 7. The number of nitrogens with one attached hydrogen (secondary N) is 2. The van der Waals surface area contributed by atoms with Crippen LogP contribution in [0.25, 0.3) is 0 Å². The Kier molecular flexibility index (Phi) is 4.35. The van der Waals surface area contributed by atoms with Gasteiger partial charge in [-0.15, -0.1) is 0 Å². The quantitative estimate of drug-likeness (QED) is 0.545. The zero-order valence-corrected chi connectivity index (χ0v) is 11.3. The summed E-state index contributed by atoms with van der Waals surface area (Å²) in [6, 6.07) is 2.71. The lowest BCUT2D eigenvalue weighted by Gasteiger charge is -2.32. The van der Waals surface area contributed by atoms with E-state index in [1.165, 1.54) is 12.1 Å². The summed E-state index contributed by atoms with van der Waals surface area (Å²) >= 11 is 0. The fourth-order valence-electron chi connectivity index (χ4n) is 2.02. The number of hydrogen-bond donors (Lipinski definition) is 3. The molecule has 20 heavy (non-hydrogen) atoms. The van der Waals surface area contributed by atoms with E-state index in [1.807, 2.05) is 0 Å². The van der Waals surface area contributed by atoms with Crippen molar-refractivity contribution in [2.75, 3.05) is 37.4 Å². The van der Waals surface area contributed by atoms with Crippen molar-refractivity contribution in [2.24, 2.45) is 0 Å². The maximum absolute atomic E-state index is 10.8. The van der Waals surface area contributed by atoms with Gasteiger partial charge in [0.25, 0.3) is 5.69 Å². The Hall–Kier alpha value is -1.93. The molecule has 0 unspecified atom stereocenters. The van der Waals surface area contributed by atoms with Crippen molar-refractivity contribution in [3.63, 3.8) is 0 Å². The van der Waals surface area contributed by atoms with E-state index < -0.39 is 10.5 Å². The molecule has 8 nitrogen and oxygen atoms in total. The summed E-state index contributed by atoms with van der Waals surface area (Å²) in [6.07, 6.45) is 1.07. The minimum atomic E-state index is -0.857. The summed E-state index contributed by atoms with van der Waals surface area (Å²) in [5.74, 6) is 0.768. The molecule has 110 valence electrons. The second-order valence-corrected chi connectivity index (χ2v) is 4.79. The maximum Gasteiger partial charge on any atom is 0.276 e. The van der Waals surface area contributed by atoms with Crippen LogP contribution in [0.3, 0.4) is 0 Å². The first-order valence-electron chi connectivity index (χ1n) is 6.41. The molecule has 3 N–H and O–H groups in total. The molecule has 2 heterocycles. The van der Waals surface area contributed by atoms with E-state index >= 15 is 0 Å². The van der Waals surface area contributed by atoms with Gasteiger partial charge in [0.2, 0.25) is 0 Å². The van der Waals surface area contributed by atoms with Gasteiger partial charge in [0.15, 0.2) is 0 Å². The molecule has 1 aliphatic heterocycles. The Morgan fingerprint density at radius 1 is 1.45 bits per heavy atom. The van der Waals surface area contributed by atoms with Crippen LogP contribution >= 0.6 is 0 Å². The topological polar surface area (TPSA) is 110 Å². The van der Waals surface area contributed by atoms with Gasteiger partial charge >= 0.3 is 0 Å². The maximum atomic E-state index is 10.8. The van der Waals surface area contributed by atoms with E-state index in [4.69, 9.17) is 4.74 Å². The Morgan fingerprint density at radius 3 is 2.70 bits per heavy atom. The number of aliphatic hydroxyl groups is 1. The predicted molar refractivity (Wildman–Crippen MR) is 73.9 cm³/mol. The van der Waals surface area contributed by atoms with Crippen molar-refractivity contribution < 1.29 is 14.8 Å². The summed E-state index contributed by atoms with van der Waals surface area (Å²) in [5.41, 5.74) is -0.907. The number of nitrogens with zero attached hydrogens (tertiary/aromatic N) is 2. The van der Waals surface area contributed by atoms with Gasteiger partial charge < -0.3 is 20.5 Å². The summed E-state index contributed by atoms with van der Waals surface area (Å²) in [4.78, 5) is 14.6. The van der Waals surface area contributed by atoms with Gasteiger partial charge in [-0.1, -0.05) is 0 Å². The average molecular weight is 282 g/mol. The van der Waals surface area contributed by atoms with Crippen LogP contribution in [0, 0.1) is 10.1 Å². The Morgan fingerprint density at radius 2 is 2.10 bits per heavy atom. The molecule has 0 amide bonds. The van der Waals surface area contributed by atoms with Gasteiger partial charge in [-0.2, -0.15) is 0 Å². The molecule has 1 aromatic heterocycles. The Bertz CT molecular complexity index is 488. The number of ether oxygens (including phenoxy) is 1. The van der Waals surface area contributed by atoms with Gasteiger partial charge in [-0.25, -0.2) is 4.98 Å². The lowest BCUT2D eigenvalue weighted by atomic mass is 9.94. The zero-order valence-electron chi connectivity index (χ0n) is 11.3. The molecule has 2 rings (SSSR count). The van der Waals surface area contributed by atoms with E-state index in [1.54, 1.807) is 7.05 Å². The molecule has 0 radical (unpaired) electrons. The number of pyridine rings is 1. The van der Waals surface area contributed by atoms with Gasteiger partial charge in [0.1, 0.15) is 11.6 Å². The molecule has 0 spiro atoms. The summed E-state index contributed by atoms with van der Waals surface area (Å²) in [6.45, 7) is 1.32. The average Bonchev–Trinajstić information content (AvgIpc) is 2.45. The minimum Gasteiger partial charge on any atom is -0.388 e. The molecular weight excluding hydrogens is 264 g/mol. The number of nitro groups is 1. The van der Waals surface area contributed by atoms with Crippen LogP contribution in [0.15, 0.2) is 12.1 Å². The molecule has 0 atom stereocenters. The largest absolute Gasteiger partial charge is 0.388 e. The number of aromatic nitrogens is 1. The standard InChI is InChI=1S/C12H18N4O4/c1-13-10-6-9(16(18)19)7-11(15-10)14-8-12(17)2-4-20-5-3-12/h6-7,17H,2-5,8H2,1H3,(H2,13,14,15). The van der Waals surface area contributed by atoms with Gasteiger partial charge in [0.05, 0.1) is 22.7 Å². The molecule has 1 saturated heterocycles. The summed E-state index contributed by atoms with van der Waals surface area (Å²) in [7, 11) is 1.64. The van der Waals surface area contributed by atoms with Crippen molar-refractivity contribution in [1.29, 1.82) is 0 Å². The highest BCUT2D eigenvalue weighted by Crippen LogP contribution is 2.23. The van der Waals surface area contributed by atoms with Gasteiger partial charge in [-0.3, -0.25) is 10.1 Å². The van der Waals surface area contributed by atoms with E-state index in [2.05, 4.69) is 15.6 Å². The lowest BCUT2D eigenvalue weighted by Crippen LogP contribution is -2.42. The molecule has 1 fully saturated rings. The van der Waals surface area contributed by atoms with Crippen LogP contribution in [0.4, 0.5) is 17.3 Å². The number of anilines is 2. The second kappa shape index (κ2) is 6.02. The minimum absolute atomic E-state index is 0.0502. The van der Waals surface area contributed by atoms with E-state index in [0.29, 0.717) is 37.7 Å². The monoisotopic (exact) mass is 282 g/mol. The van der Waals surface area contributed by atoms with Crippen molar-refractivity contribution in [3.8, 4) is 0 Å². The van der Waals surface area contributed by atoms with Crippen LogP contribution in [-0.2, 0) is 4.74 Å². The first-order valence-corrected chi connectivity index (χ1v) is 6.41. The third-order valence-electron chi connectivity index (χ3n) is 3.30. The molecular formula is C12H18N4O4. The zero-order chi connectivity index (χ0) is 14.6. The third kappa shape index (κ3) is 3.55. The van der Waals surface area contributed by atoms with Crippen LogP contribution in [-0.4, -0.2) is 47.4 Å². The van der Waals surface area contributed by atoms with Gasteiger partial charge in [-0.05, 0) is 0 Å². The molecule has 0 aromatic carbocycles. The normalized spacial score (nSPS) is 17.5. The fraction of sp³-hybridized carbons (Fsp3) is 0.583. The van der Waals surface area contributed by atoms with Crippen molar-refractivity contribution in [2.45, 2.75) is 18.4 Å². The molecule has 0 bridgehead atoms. The van der Waals surface area contributed by atoms with Crippen molar-refractivity contribution >= 4 is 17.3 Å². The number of rotatable bonds is 5. The Labute approximate surface area is 116 Å². The van der Waals surface area contributed by atoms with Crippen molar-refractivity contribution in [3.05, 3.63) is 22.2 Å². The highest BCUT2D eigenvalue weighted by molar-refractivity contribution is 5.54. The van der Waals surface area contributed by atoms with Crippen LogP contribution < -0.4 is 10.6 Å². The third-order valence-corrected chi connectivity index (χ3v) is 3.30.